The maximum absolute atomic E-state index is 13.3. The standard InChI is InChI=1S/C21H18Cl2N4O2/c1-12-9-25(11-24-12)18-6-7-19-21(29)27-14(10-26(19)20(18)28)3-5-17(27)13-2-4-15(22)16(23)8-13/h2,4,6-9,11,14,17H,3,5,10H2,1H3. The molecule has 1 fully saturated rings. The summed E-state index contributed by atoms with van der Waals surface area (Å²) in [5.41, 5.74) is 2.53. The lowest BCUT2D eigenvalue weighted by atomic mass is 10.0. The molecular formula is C21H18Cl2N4O2. The van der Waals surface area contributed by atoms with Gasteiger partial charge < -0.3 is 14.0 Å². The third-order valence-corrected chi connectivity index (χ3v) is 6.56. The lowest BCUT2D eigenvalue weighted by molar-refractivity contribution is 0.0583. The molecular weight excluding hydrogens is 411 g/mol. The van der Waals surface area contributed by atoms with E-state index in [1.165, 1.54) is 0 Å². The highest BCUT2D eigenvalue weighted by Crippen LogP contribution is 2.41. The Bertz CT molecular complexity index is 1200. The van der Waals surface area contributed by atoms with Crippen LogP contribution in [0.15, 0.2) is 47.7 Å². The fraction of sp³-hybridized carbons (Fsp3) is 0.286. The number of amides is 1. The van der Waals surface area contributed by atoms with E-state index in [1.807, 2.05) is 24.0 Å². The summed E-state index contributed by atoms with van der Waals surface area (Å²) in [4.78, 5) is 32.5. The van der Waals surface area contributed by atoms with Crippen molar-refractivity contribution in [3.63, 3.8) is 0 Å². The van der Waals surface area contributed by atoms with E-state index < -0.39 is 0 Å². The van der Waals surface area contributed by atoms with Crippen LogP contribution in [-0.2, 0) is 6.54 Å². The quantitative estimate of drug-likeness (QED) is 0.619. The van der Waals surface area contributed by atoms with Crippen molar-refractivity contribution in [2.75, 3.05) is 0 Å². The lowest BCUT2D eigenvalue weighted by Gasteiger charge is -2.36. The van der Waals surface area contributed by atoms with Gasteiger partial charge in [-0.05, 0) is 49.6 Å². The summed E-state index contributed by atoms with van der Waals surface area (Å²) in [6, 6.07) is 8.84. The minimum absolute atomic E-state index is 0.0214. The molecule has 8 heteroatoms. The van der Waals surface area contributed by atoms with Crippen LogP contribution in [0.1, 0.15) is 40.6 Å². The number of imidazole rings is 1. The van der Waals surface area contributed by atoms with Gasteiger partial charge >= 0.3 is 0 Å². The molecule has 1 amide bonds. The molecule has 148 valence electrons. The van der Waals surface area contributed by atoms with Gasteiger partial charge in [0.05, 0.1) is 34.2 Å². The van der Waals surface area contributed by atoms with Crippen LogP contribution in [0, 0.1) is 6.92 Å². The van der Waals surface area contributed by atoms with Gasteiger partial charge in [-0.15, -0.1) is 0 Å². The molecule has 0 N–H and O–H groups in total. The molecule has 0 saturated carbocycles. The van der Waals surface area contributed by atoms with E-state index in [9.17, 15) is 9.59 Å². The zero-order chi connectivity index (χ0) is 20.3. The summed E-state index contributed by atoms with van der Waals surface area (Å²) in [5, 5.41) is 0.975. The molecule has 29 heavy (non-hydrogen) atoms. The summed E-state index contributed by atoms with van der Waals surface area (Å²) in [6.07, 6.45) is 5.07. The van der Waals surface area contributed by atoms with E-state index in [0.717, 1.165) is 24.1 Å². The molecule has 0 bridgehead atoms. The largest absolute Gasteiger partial charge is 0.326 e. The predicted molar refractivity (Wildman–Crippen MR) is 111 cm³/mol. The number of nitrogens with zero attached hydrogens (tertiary/aromatic N) is 4. The van der Waals surface area contributed by atoms with Gasteiger partial charge in [0.25, 0.3) is 11.5 Å². The molecule has 0 spiro atoms. The minimum atomic E-state index is -0.175. The average molecular weight is 429 g/mol. The van der Waals surface area contributed by atoms with E-state index in [2.05, 4.69) is 4.98 Å². The molecule has 0 aliphatic carbocycles. The first-order chi connectivity index (χ1) is 13.9. The number of fused-ring (bicyclic) bond motifs is 2. The number of rotatable bonds is 2. The topological polar surface area (TPSA) is 60.1 Å². The molecule has 1 aromatic carbocycles. The monoisotopic (exact) mass is 428 g/mol. The van der Waals surface area contributed by atoms with Crippen LogP contribution >= 0.6 is 23.2 Å². The van der Waals surface area contributed by atoms with Gasteiger partial charge in [0.1, 0.15) is 11.4 Å². The van der Waals surface area contributed by atoms with Crippen LogP contribution in [-0.4, -0.2) is 31.0 Å². The number of pyridine rings is 1. The first-order valence-electron chi connectivity index (χ1n) is 9.46. The Hall–Kier alpha value is -2.57. The van der Waals surface area contributed by atoms with Crippen LogP contribution in [0.3, 0.4) is 0 Å². The lowest BCUT2D eigenvalue weighted by Crippen LogP contribution is -2.49. The molecule has 5 rings (SSSR count). The zero-order valence-electron chi connectivity index (χ0n) is 15.7. The minimum Gasteiger partial charge on any atom is -0.326 e. The van der Waals surface area contributed by atoms with Crippen molar-refractivity contribution >= 4 is 29.1 Å². The Morgan fingerprint density at radius 3 is 2.62 bits per heavy atom. The summed E-state index contributed by atoms with van der Waals surface area (Å²) >= 11 is 12.2. The van der Waals surface area contributed by atoms with Crippen LogP contribution in [0.5, 0.6) is 0 Å². The third kappa shape index (κ3) is 2.90. The SMILES string of the molecule is Cc1cn(-c2ccc3n(c2=O)CC2CCC(c4ccc(Cl)c(Cl)c4)N2C3=O)cn1. The van der Waals surface area contributed by atoms with Crippen molar-refractivity contribution in [1.29, 1.82) is 0 Å². The molecule has 2 atom stereocenters. The smallest absolute Gasteiger partial charge is 0.275 e. The van der Waals surface area contributed by atoms with Crippen molar-refractivity contribution in [2.24, 2.45) is 0 Å². The highest BCUT2D eigenvalue weighted by Gasteiger charge is 2.42. The first-order valence-corrected chi connectivity index (χ1v) is 10.2. The number of hydrogen-bond donors (Lipinski definition) is 0. The number of carbonyl (C=O) groups is 1. The predicted octanol–water partition coefficient (Wildman–Crippen LogP) is 4.01. The number of aryl methyl sites for hydroxylation is 1. The molecule has 2 unspecified atom stereocenters. The molecule has 0 radical (unpaired) electrons. The van der Waals surface area contributed by atoms with Gasteiger partial charge in [-0.2, -0.15) is 0 Å². The number of benzene rings is 1. The normalized spacial score (nSPS) is 20.7. The Labute approximate surface area is 177 Å². The van der Waals surface area contributed by atoms with Gasteiger partial charge in [-0.1, -0.05) is 29.3 Å². The third-order valence-electron chi connectivity index (χ3n) is 5.82. The van der Waals surface area contributed by atoms with Crippen molar-refractivity contribution in [2.45, 2.75) is 38.4 Å². The molecule has 2 aromatic heterocycles. The second kappa shape index (κ2) is 6.75. The van der Waals surface area contributed by atoms with Crippen LogP contribution in [0.4, 0.5) is 0 Å². The Morgan fingerprint density at radius 1 is 1.07 bits per heavy atom. The van der Waals surface area contributed by atoms with Gasteiger partial charge in [0.15, 0.2) is 0 Å². The molecule has 2 aliphatic rings. The van der Waals surface area contributed by atoms with E-state index in [1.54, 1.807) is 39.9 Å². The van der Waals surface area contributed by atoms with Crippen LogP contribution in [0.2, 0.25) is 10.0 Å². The Morgan fingerprint density at radius 2 is 1.90 bits per heavy atom. The second-order valence-electron chi connectivity index (χ2n) is 7.57. The second-order valence-corrected chi connectivity index (χ2v) is 8.39. The summed E-state index contributed by atoms with van der Waals surface area (Å²) in [7, 11) is 0. The van der Waals surface area contributed by atoms with Gasteiger partial charge in [0, 0.05) is 12.7 Å². The molecule has 4 heterocycles. The average Bonchev–Trinajstić information content (AvgIpc) is 3.32. The van der Waals surface area contributed by atoms with E-state index in [4.69, 9.17) is 23.2 Å². The highest BCUT2D eigenvalue weighted by molar-refractivity contribution is 6.42. The van der Waals surface area contributed by atoms with E-state index in [-0.39, 0.29) is 23.6 Å². The van der Waals surface area contributed by atoms with Gasteiger partial charge in [-0.25, -0.2) is 4.98 Å². The van der Waals surface area contributed by atoms with Crippen molar-refractivity contribution < 1.29 is 4.79 Å². The van der Waals surface area contributed by atoms with Gasteiger partial charge in [-0.3, -0.25) is 9.59 Å². The fourth-order valence-corrected chi connectivity index (χ4v) is 4.75. The Balaban J connectivity index is 1.54. The van der Waals surface area contributed by atoms with Crippen molar-refractivity contribution in [1.82, 2.24) is 19.0 Å². The molecule has 2 aliphatic heterocycles. The number of halogens is 2. The van der Waals surface area contributed by atoms with Gasteiger partial charge in [0.2, 0.25) is 0 Å². The maximum atomic E-state index is 13.3. The van der Waals surface area contributed by atoms with E-state index in [0.29, 0.717) is 28.0 Å². The van der Waals surface area contributed by atoms with Crippen LogP contribution < -0.4 is 5.56 Å². The summed E-state index contributed by atoms with van der Waals surface area (Å²) < 4.78 is 3.31. The number of carbonyl (C=O) groups excluding carboxylic acids is 1. The van der Waals surface area contributed by atoms with E-state index >= 15 is 0 Å². The molecule has 1 saturated heterocycles. The first kappa shape index (κ1) is 18.5. The zero-order valence-corrected chi connectivity index (χ0v) is 17.2. The highest BCUT2D eigenvalue weighted by atomic mass is 35.5. The number of hydrogen-bond acceptors (Lipinski definition) is 3. The maximum Gasteiger partial charge on any atom is 0.275 e. The molecule has 6 nitrogen and oxygen atoms in total. The van der Waals surface area contributed by atoms with Crippen molar-refractivity contribution in [3.8, 4) is 5.69 Å². The van der Waals surface area contributed by atoms with Crippen LogP contribution in [0.25, 0.3) is 5.69 Å². The Kier molecular flexibility index (Phi) is 4.29. The summed E-state index contributed by atoms with van der Waals surface area (Å²) in [5.74, 6) is -0.125. The molecule has 3 aromatic rings. The fourth-order valence-electron chi connectivity index (χ4n) is 4.44. The summed E-state index contributed by atoms with van der Waals surface area (Å²) in [6.45, 7) is 2.36. The van der Waals surface area contributed by atoms with Crippen molar-refractivity contribution in [3.05, 3.63) is 80.2 Å². The number of aromatic nitrogens is 3.